The minimum Gasteiger partial charge on any atom is -0.497 e. The second-order valence-electron chi connectivity index (χ2n) is 8.57. The molecule has 0 aliphatic carbocycles. The van der Waals surface area contributed by atoms with Crippen LogP contribution in [0, 0.1) is 0 Å². The average molecular weight is 553 g/mol. The molecule has 0 aromatic heterocycles. The summed E-state index contributed by atoms with van der Waals surface area (Å²) in [5.74, 6) is 0.690. The van der Waals surface area contributed by atoms with E-state index in [4.69, 9.17) is 9.47 Å². The highest BCUT2D eigenvalue weighted by Gasteiger charge is 2.15. The number of hydrogen-bond donors (Lipinski definition) is 2. The Hall–Kier alpha value is -4.82. The molecule has 2 N–H and O–H groups in total. The number of Topliss-reactive ketones (excluding diaryl/α,β-unsaturated/α-hetero) is 1. The van der Waals surface area contributed by atoms with Gasteiger partial charge in [-0.3, -0.25) is 14.4 Å². The van der Waals surface area contributed by atoms with Gasteiger partial charge in [0.2, 0.25) is 0 Å². The molecule has 0 radical (unpaired) electrons. The fraction of sp³-hybridized carbons (Fsp3) is 0.0938. The maximum atomic E-state index is 13.2. The van der Waals surface area contributed by atoms with Gasteiger partial charge in [0.25, 0.3) is 11.8 Å². The van der Waals surface area contributed by atoms with E-state index in [0.717, 1.165) is 4.90 Å². The van der Waals surface area contributed by atoms with Gasteiger partial charge in [0, 0.05) is 21.7 Å². The number of carbonyl (C=O) groups is 3. The Morgan fingerprint density at radius 2 is 1.43 bits per heavy atom. The van der Waals surface area contributed by atoms with Crippen molar-refractivity contribution in [2.75, 3.05) is 25.3 Å². The molecule has 40 heavy (non-hydrogen) atoms. The summed E-state index contributed by atoms with van der Waals surface area (Å²) in [6, 6.07) is 30.0. The second kappa shape index (κ2) is 13.8. The maximum Gasteiger partial charge on any atom is 0.272 e. The summed E-state index contributed by atoms with van der Waals surface area (Å²) in [6.07, 6.45) is 1.60. The molecule has 2 amide bonds. The van der Waals surface area contributed by atoms with Crippen LogP contribution in [-0.4, -0.2) is 37.6 Å². The number of hydrogen-bond acceptors (Lipinski definition) is 6. The van der Waals surface area contributed by atoms with Crippen molar-refractivity contribution in [3.63, 3.8) is 0 Å². The summed E-state index contributed by atoms with van der Waals surface area (Å²) in [6.45, 7) is 0. The zero-order valence-corrected chi connectivity index (χ0v) is 22.9. The van der Waals surface area contributed by atoms with Crippen LogP contribution < -0.4 is 20.1 Å². The molecule has 0 heterocycles. The average Bonchev–Trinajstić information content (AvgIpc) is 3.01. The number of nitrogens with one attached hydrogen (secondary N) is 2. The Morgan fingerprint density at radius 1 is 0.750 bits per heavy atom. The highest BCUT2D eigenvalue weighted by atomic mass is 32.2. The molecule has 0 fully saturated rings. The molecular formula is C32H28N2O5S. The van der Waals surface area contributed by atoms with E-state index < -0.39 is 11.8 Å². The van der Waals surface area contributed by atoms with Crippen LogP contribution in [0.1, 0.15) is 26.3 Å². The van der Waals surface area contributed by atoms with Crippen molar-refractivity contribution in [3.05, 3.63) is 126 Å². The van der Waals surface area contributed by atoms with Crippen LogP contribution in [0.15, 0.2) is 114 Å². The van der Waals surface area contributed by atoms with Crippen LogP contribution in [-0.2, 0) is 4.79 Å². The van der Waals surface area contributed by atoms with Gasteiger partial charge in [0.15, 0.2) is 5.78 Å². The van der Waals surface area contributed by atoms with Gasteiger partial charge in [-0.05, 0) is 72.3 Å². The molecule has 0 spiro atoms. The topological polar surface area (TPSA) is 93.7 Å². The van der Waals surface area contributed by atoms with E-state index in [2.05, 4.69) is 10.6 Å². The predicted octanol–water partition coefficient (Wildman–Crippen LogP) is 6.09. The van der Waals surface area contributed by atoms with Gasteiger partial charge in [-0.25, -0.2) is 0 Å². The van der Waals surface area contributed by atoms with Crippen LogP contribution in [0.2, 0.25) is 0 Å². The lowest BCUT2D eigenvalue weighted by atomic mass is 10.1. The number of rotatable bonds is 11. The lowest BCUT2D eigenvalue weighted by Crippen LogP contribution is -2.30. The highest BCUT2D eigenvalue weighted by molar-refractivity contribution is 8.00. The Morgan fingerprint density at radius 3 is 2.10 bits per heavy atom. The molecule has 0 aliphatic heterocycles. The summed E-state index contributed by atoms with van der Waals surface area (Å²) in [5.41, 5.74) is 2.36. The number of thioether (sulfide) groups is 1. The Balaban J connectivity index is 1.44. The fourth-order valence-electron chi connectivity index (χ4n) is 3.67. The molecular weight excluding hydrogens is 524 g/mol. The first-order valence-corrected chi connectivity index (χ1v) is 13.4. The lowest BCUT2D eigenvalue weighted by molar-refractivity contribution is -0.113. The lowest BCUT2D eigenvalue weighted by Gasteiger charge is -2.12. The normalized spacial score (nSPS) is 10.9. The molecule has 0 saturated carbocycles. The number of methoxy groups -OCH3 is 2. The number of ether oxygens (including phenoxy) is 2. The summed E-state index contributed by atoms with van der Waals surface area (Å²) in [4.78, 5) is 39.5. The van der Waals surface area contributed by atoms with E-state index in [1.807, 2.05) is 18.2 Å². The maximum absolute atomic E-state index is 13.2. The molecule has 4 rings (SSSR count). The molecule has 8 heteroatoms. The fourth-order valence-corrected chi connectivity index (χ4v) is 4.46. The van der Waals surface area contributed by atoms with Gasteiger partial charge < -0.3 is 20.1 Å². The number of carbonyl (C=O) groups excluding carboxylic acids is 3. The zero-order valence-electron chi connectivity index (χ0n) is 22.0. The quantitative estimate of drug-likeness (QED) is 0.133. The van der Waals surface area contributed by atoms with Gasteiger partial charge in [0.05, 0.1) is 20.0 Å². The van der Waals surface area contributed by atoms with E-state index in [-0.39, 0.29) is 17.2 Å². The van der Waals surface area contributed by atoms with Gasteiger partial charge >= 0.3 is 0 Å². The van der Waals surface area contributed by atoms with Crippen LogP contribution in [0.4, 0.5) is 5.69 Å². The van der Waals surface area contributed by atoms with Crippen molar-refractivity contribution in [3.8, 4) is 11.5 Å². The summed E-state index contributed by atoms with van der Waals surface area (Å²) < 4.78 is 10.4. The first-order valence-electron chi connectivity index (χ1n) is 12.4. The van der Waals surface area contributed by atoms with Crippen molar-refractivity contribution >= 4 is 41.1 Å². The third kappa shape index (κ3) is 7.85. The van der Waals surface area contributed by atoms with Crippen molar-refractivity contribution in [1.29, 1.82) is 0 Å². The zero-order chi connectivity index (χ0) is 28.3. The minimum absolute atomic E-state index is 0.0104. The first-order chi connectivity index (χ1) is 19.4. The molecule has 4 aromatic rings. The van der Waals surface area contributed by atoms with E-state index in [1.54, 1.807) is 105 Å². The summed E-state index contributed by atoms with van der Waals surface area (Å²) in [5, 5.41) is 5.56. The smallest absolute Gasteiger partial charge is 0.272 e. The second-order valence-corrected chi connectivity index (χ2v) is 9.62. The van der Waals surface area contributed by atoms with E-state index in [9.17, 15) is 14.4 Å². The molecule has 202 valence electrons. The SMILES string of the molecule is COc1ccc(/C=C(\NC(=O)c2ccccc2)C(=O)Nc2ccc(SCC(=O)c3cccc(OC)c3)cc2)cc1. The molecule has 0 saturated heterocycles. The monoisotopic (exact) mass is 552 g/mol. The Bertz CT molecular complexity index is 1500. The van der Waals surface area contributed by atoms with Crippen molar-refractivity contribution in [1.82, 2.24) is 5.32 Å². The number of amides is 2. The first kappa shape index (κ1) is 28.2. The largest absolute Gasteiger partial charge is 0.497 e. The van der Waals surface area contributed by atoms with E-state index >= 15 is 0 Å². The van der Waals surface area contributed by atoms with Crippen LogP contribution in [0.3, 0.4) is 0 Å². The standard InChI is InChI=1S/C32H28N2O5S/c1-38-26-15-11-22(12-16-26)19-29(34-31(36)23-7-4-3-5-8-23)32(37)33-25-13-17-28(18-14-25)40-21-30(35)24-9-6-10-27(20-24)39-2/h3-20H,21H2,1-2H3,(H,33,37)(H,34,36)/b29-19-. The van der Waals surface area contributed by atoms with E-state index in [1.165, 1.54) is 11.8 Å². The molecule has 0 aliphatic rings. The van der Waals surface area contributed by atoms with Crippen LogP contribution >= 0.6 is 11.8 Å². The molecule has 7 nitrogen and oxygen atoms in total. The minimum atomic E-state index is -0.478. The third-order valence-electron chi connectivity index (χ3n) is 5.83. The van der Waals surface area contributed by atoms with Crippen LogP contribution in [0.25, 0.3) is 6.08 Å². The number of anilines is 1. The molecule has 0 unspecified atom stereocenters. The van der Waals surface area contributed by atoms with Gasteiger partial charge in [-0.1, -0.05) is 42.5 Å². The van der Waals surface area contributed by atoms with Crippen molar-refractivity contribution < 1.29 is 23.9 Å². The van der Waals surface area contributed by atoms with Crippen molar-refractivity contribution in [2.24, 2.45) is 0 Å². The Kier molecular flexibility index (Phi) is 9.74. The van der Waals surface area contributed by atoms with Crippen molar-refractivity contribution in [2.45, 2.75) is 4.90 Å². The predicted molar refractivity (Wildman–Crippen MR) is 158 cm³/mol. The van der Waals surface area contributed by atoms with Gasteiger partial charge in [-0.2, -0.15) is 0 Å². The van der Waals surface area contributed by atoms with Gasteiger partial charge in [0.1, 0.15) is 17.2 Å². The molecule has 4 aromatic carbocycles. The number of benzene rings is 4. The Labute approximate surface area is 237 Å². The van der Waals surface area contributed by atoms with Crippen LogP contribution in [0.5, 0.6) is 11.5 Å². The number of ketones is 1. The van der Waals surface area contributed by atoms with Gasteiger partial charge in [-0.15, -0.1) is 11.8 Å². The summed E-state index contributed by atoms with van der Waals surface area (Å²) in [7, 11) is 3.14. The van der Waals surface area contributed by atoms with E-state index in [0.29, 0.717) is 33.9 Å². The third-order valence-corrected chi connectivity index (χ3v) is 6.84. The molecule has 0 bridgehead atoms. The highest BCUT2D eigenvalue weighted by Crippen LogP contribution is 2.23. The molecule has 0 atom stereocenters. The summed E-state index contributed by atoms with van der Waals surface area (Å²) >= 11 is 1.40.